The number of para-hydroxylation sites is 1. The van der Waals surface area contributed by atoms with Gasteiger partial charge in [0.15, 0.2) is 4.90 Å². The molecule has 2 aromatic carbocycles. The molecular weight excluding hydrogens is 326 g/mol. The van der Waals surface area contributed by atoms with Gasteiger partial charge in [-0.15, -0.1) is 0 Å². The van der Waals surface area contributed by atoms with Crippen LogP contribution in [0.2, 0.25) is 0 Å². The Morgan fingerprint density at radius 2 is 1.87 bits per heavy atom. The monoisotopic (exact) mass is 339 g/mol. The molecule has 0 radical (unpaired) electrons. The van der Waals surface area contributed by atoms with Gasteiger partial charge in [-0.2, -0.15) is 8.42 Å². The highest BCUT2D eigenvalue weighted by Gasteiger charge is 2.27. The number of aliphatic hydroxyl groups is 1. The van der Waals surface area contributed by atoms with E-state index < -0.39 is 38.3 Å². The van der Waals surface area contributed by atoms with Gasteiger partial charge < -0.3 is 10.2 Å². The van der Waals surface area contributed by atoms with Crippen molar-refractivity contribution >= 4 is 15.8 Å². The second-order valence-electron chi connectivity index (χ2n) is 4.57. The predicted octanol–water partition coefficient (Wildman–Crippen LogP) is 1.74. The van der Waals surface area contributed by atoms with Crippen LogP contribution in [0.5, 0.6) is 5.75 Å². The second-order valence-corrected chi connectivity index (χ2v) is 6.16. The van der Waals surface area contributed by atoms with Crippen LogP contribution in [0.15, 0.2) is 53.4 Å². The number of aliphatic hydroxyl groups excluding tert-OH is 1. The van der Waals surface area contributed by atoms with E-state index in [0.717, 1.165) is 12.1 Å². The Morgan fingerprint density at radius 1 is 1.17 bits per heavy atom. The molecule has 9 heteroatoms. The molecule has 2 rings (SSSR count). The van der Waals surface area contributed by atoms with E-state index in [1.165, 1.54) is 36.4 Å². The molecule has 0 saturated heterocycles. The van der Waals surface area contributed by atoms with E-state index in [-0.39, 0.29) is 11.3 Å². The largest absolute Gasteiger partial charge is 0.508 e. The highest BCUT2D eigenvalue weighted by Crippen LogP contribution is 2.26. The lowest BCUT2D eigenvalue weighted by Crippen LogP contribution is -2.14. The van der Waals surface area contributed by atoms with E-state index in [0.29, 0.717) is 0 Å². The quantitative estimate of drug-likeness (QED) is 0.466. The fourth-order valence-corrected chi connectivity index (χ4v) is 2.94. The van der Waals surface area contributed by atoms with Crippen molar-refractivity contribution in [1.29, 1.82) is 0 Å². The van der Waals surface area contributed by atoms with Gasteiger partial charge in [0.25, 0.3) is 5.69 Å². The number of hydrogen-bond acceptors (Lipinski definition) is 7. The fraction of sp³-hybridized carbons (Fsp3) is 0.143. The topological polar surface area (TPSA) is 127 Å². The van der Waals surface area contributed by atoms with Crippen molar-refractivity contribution < 1.29 is 27.7 Å². The molecule has 23 heavy (non-hydrogen) atoms. The summed E-state index contributed by atoms with van der Waals surface area (Å²) in [5.74, 6) is -0.0943. The number of aromatic hydroxyl groups is 1. The molecule has 0 aromatic heterocycles. The zero-order valence-electron chi connectivity index (χ0n) is 11.7. The third-order valence-electron chi connectivity index (χ3n) is 2.97. The fourth-order valence-electron chi connectivity index (χ4n) is 1.87. The van der Waals surface area contributed by atoms with Crippen molar-refractivity contribution in [2.24, 2.45) is 0 Å². The predicted molar refractivity (Wildman–Crippen MR) is 79.3 cm³/mol. The Bertz CT molecular complexity index is 819. The van der Waals surface area contributed by atoms with Crippen molar-refractivity contribution in [1.82, 2.24) is 0 Å². The van der Waals surface area contributed by atoms with Crippen molar-refractivity contribution in [3.8, 4) is 5.75 Å². The van der Waals surface area contributed by atoms with Crippen LogP contribution in [0.4, 0.5) is 5.69 Å². The van der Waals surface area contributed by atoms with E-state index in [1.807, 2.05) is 0 Å². The molecule has 122 valence electrons. The first-order valence-corrected chi connectivity index (χ1v) is 7.82. The van der Waals surface area contributed by atoms with Crippen LogP contribution < -0.4 is 0 Å². The van der Waals surface area contributed by atoms with Gasteiger partial charge in [0.1, 0.15) is 11.9 Å². The molecule has 0 bridgehead atoms. The summed E-state index contributed by atoms with van der Waals surface area (Å²) in [6.07, 6.45) is -1.32. The van der Waals surface area contributed by atoms with Gasteiger partial charge >= 0.3 is 10.1 Å². The first-order chi connectivity index (χ1) is 10.8. The Balaban J connectivity index is 2.18. The molecule has 0 amide bonds. The summed E-state index contributed by atoms with van der Waals surface area (Å²) >= 11 is 0. The highest BCUT2D eigenvalue weighted by molar-refractivity contribution is 7.87. The molecule has 0 aliphatic rings. The SMILES string of the molecule is O=[N+]([O-])c1ccccc1S(=O)(=O)OCC(O)c1cccc(O)c1. The lowest BCUT2D eigenvalue weighted by atomic mass is 10.1. The molecule has 2 aromatic rings. The normalized spacial score (nSPS) is 12.7. The number of rotatable bonds is 6. The zero-order chi connectivity index (χ0) is 17.0. The minimum Gasteiger partial charge on any atom is -0.508 e. The molecule has 2 N–H and O–H groups in total. The maximum absolute atomic E-state index is 12.1. The summed E-state index contributed by atoms with van der Waals surface area (Å²) < 4.78 is 28.8. The second kappa shape index (κ2) is 6.73. The van der Waals surface area contributed by atoms with Crippen molar-refractivity contribution in [3.05, 3.63) is 64.2 Å². The summed E-state index contributed by atoms with van der Waals surface area (Å²) in [6, 6.07) is 10.4. The molecular formula is C14H13NO7S. The average molecular weight is 339 g/mol. The van der Waals surface area contributed by atoms with Crippen LogP contribution in [-0.4, -0.2) is 30.2 Å². The Labute approximate surface area is 131 Å². The molecule has 0 fully saturated rings. The van der Waals surface area contributed by atoms with Gasteiger partial charge in [0.05, 0.1) is 11.5 Å². The summed E-state index contributed by atoms with van der Waals surface area (Å²) in [7, 11) is -4.41. The summed E-state index contributed by atoms with van der Waals surface area (Å²) in [5, 5.41) is 30.1. The van der Waals surface area contributed by atoms with Crippen LogP contribution in [0.3, 0.4) is 0 Å². The Morgan fingerprint density at radius 3 is 2.52 bits per heavy atom. The zero-order valence-corrected chi connectivity index (χ0v) is 12.5. The van der Waals surface area contributed by atoms with Gasteiger partial charge in [-0.3, -0.25) is 14.3 Å². The van der Waals surface area contributed by atoms with E-state index >= 15 is 0 Å². The molecule has 0 aliphatic carbocycles. The number of phenols is 1. The number of nitrogens with zero attached hydrogens (tertiary/aromatic N) is 1. The third kappa shape index (κ3) is 4.03. The van der Waals surface area contributed by atoms with Crippen molar-refractivity contribution in [2.45, 2.75) is 11.0 Å². The number of phenolic OH excluding ortho intramolecular Hbond substituents is 1. The van der Waals surface area contributed by atoms with Crippen LogP contribution in [-0.2, 0) is 14.3 Å². The molecule has 0 saturated carbocycles. The number of nitro groups is 1. The number of hydrogen-bond donors (Lipinski definition) is 2. The number of nitro benzene ring substituents is 1. The van der Waals surface area contributed by atoms with Crippen LogP contribution in [0, 0.1) is 10.1 Å². The van der Waals surface area contributed by atoms with Crippen molar-refractivity contribution in [3.63, 3.8) is 0 Å². The van der Waals surface area contributed by atoms with E-state index in [2.05, 4.69) is 0 Å². The molecule has 1 atom stereocenters. The summed E-state index contributed by atoms with van der Waals surface area (Å²) in [4.78, 5) is 9.45. The Kier molecular flexibility index (Phi) is 4.94. The minimum absolute atomic E-state index is 0.0943. The van der Waals surface area contributed by atoms with Crippen LogP contribution in [0.1, 0.15) is 11.7 Å². The standard InChI is InChI=1S/C14H13NO7S/c16-11-5-3-4-10(8-11)13(17)9-22-23(20,21)14-7-2-1-6-12(14)15(18)19/h1-8,13,16-17H,9H2. The lowest BCUT2D eigenvalue weighted by Gasteiger charge is -2.12. The Hall–Kier alpha value is -2.49. The summed E-state index contributed by atoms with van der Waals surface area (Å²) in [5.41, 5.74) is -0.359. The average Bonchev–Trinajstić information content (AvgIpc) is 2.52. The molecule has 0 spiro atoms. The minimum atomic E-state index is -4.41. The molecule has 8 nitrogen and oxygen atoms in total. The summed E-state index contributed by atoms with van der Waals surface area (Å²) in [6.45, 7) is -0.641. The lowest BCUT2D eigenvalue weighted by molar-refractivity contribution is -0.387. The van der Waals surface area contributed by atoms with Gasteiger partial charge in [-0.1, -0.05) is 24.3 Å². The molecule has 0 aliphatic heterocycles. The van der Waals surface area contributed by atoms with Gasteiger partial charge in [0, 0.05) is 6.07 Å². The van der Waals surface area contributed by atoms with Gasteiger partial charge in [-0.05, 0) is 23.8 Å². The smallest absolute Gasteiger partial charge is 0.303 e. The van der Waals surface area contributed by atoms with E-state index in [9.17, 15) is 28.7 Å². The molecule has 1 unspecified atom stereocenters. The maximum Gasteiger partial charge on any atom is 0.303 e. The first-order valence-electron chi connectivity index (χ1n) is 6.41. The third-order valence-corrected chi connectivity index (χ3v) is 4.30. The van der Waals surface area contributed by atoms with Crippen LogP contribution >= 0.6 is 0 Å². The van der Waals surface area contributed by atoms with E-state index in [1.54, 1.807) is 0 Å². The molecule has 0 heterocycles. The number of benzene rings is 2. The van der Waals surface area contributed by atoms with Crippen LogP contribution in [0.25, 0.3) is 0 Å². The maximum atomic E-state index is 12.1. The first kappa shape index (κ1) is 16.9. The van der Waals surface area contributed by atoms with E-state index in [4.69, 9.17) is 4.18 Å². The van der Waals surface area contributed by atoms with Crippen molar-refractivity contribution in [2.75, 3.05) is 6.61 Å². The van der Waals surface area contributed by atoms with Gasteiger partial charge in [-0.25, -0.2) is 0 Å². The van der Waals surface area contributed by atoms with Gasteiger partial charge in [0.2, 0.25) is 0 Å². The highest BCUT2D eigenvalue weighted by atomic mass is 32.2.